The molecule has 12 heteroatoms. The van der Waals surface area contributed by atoms with E-state index in [1.807, 2.05) is 18.2 Å². The number of carbonyl (C=O) groups is 2. The van der Waals surface area contributed by atoms with Crippen LogP contribution in [-0.4, -0.2) is 55.0 Å². The minimum absolute atomic E-state index is 0.0712. The predicted molar refractivity (Wildman–Crippen MR) is 149 cm³/mol. The highest BCUT2D eigenvalue weighted by molar-refractivity contribution is 9.11. The van der Waals surface area contributed by atoms with E-state index in [4.69, 9.17) is 9.47 Å². The number of para-hydroxylation sites is 1. The van der Waals surface area contributed by atoms with E-state index in [1.165, 1.54) is 13.8 Å². The highest BCUT2D eigenvalue weighted by atomic mass is 79.9. The molecular formula is C26H33BrN2O7S2. The van der Waals surface area contributed by atoms with Crippen molar-refractivity contribution in [2.24, 2.45) is 5.92 Å². The van der Waals surface area contributed by atoms with Crippen molar-refractivity contribution in [1.82, 2.24) is 4.31 Å². The Morgan fingerprint density at radius 3 is 2.47 bits per heavy atom. The Hall–Kier alpha value is -2.15. The Bertz CT molecular complexity index is 1330. The van der Waals surface area contributed by atoms with Crippen molar-refractivity contribution >= 4 is 54.4 Å². The monoisotopic (exact) mass is 628 g/mol. The van der Waals surface area contributed by atoms with Gasteiger partial charge in [0.2, 0.25) is 0 Å². The number of thiophene rings is 1. The van der Waals surface area contributed by atoms with Gasteiger partial charge in [-0.15, -0.1) is 11.3 Å². The number of anilines is 1. The molecule has 1 fully saturated rings. The van der Waals surface area contributed by atoms with Crippen molar-refractivity contribution in [2.75, 3.05) is 18.0 Å². The first kappa shape index (κ1) is 28.8. The molecule has 1 saturated carbocycles. The van der Waals surface area contributed by atoms with E-state index < -0.39 is 33.7 Å². The molecule has 9 nitrogen and oxygen atoms in total. The van der Waals surface area contributed by atoms with Crippen LogP contribution in [0, 0.1) is 12.8 Å². The molecule has 0 saturated heterocycles. The number of hydrogen-bond acceptors (Lipinski definition) is 7. The normalized spacial score (nSPS) is 22.2. The Balaban J connectivity index is 1.84. The molecule has 0 radical (unpaired) electrons. The van der Waals surface area contributed by atoms with Crippen LogP contribution >= 0.6 is 27.3 Å². The molecular weight excluding hydrogens is 596 g/mol. The lowest BCUT2D eigenvalue weighted by atomic mass is 9.88. The zero-order valence-corrected chi connectivity index (χ0v) is 25.3. The van der Waals surface area contributed by atoms with Crippen molar-refractivity contribution in [3.8, 4) is 5.75 Å². The van der Waals surface area contributed by atoms with Gasteiger partial charge in [0, 0.05) is 5.56 Å². The second-order valence-electron chi connectivity index (χ2n) is 10.4. The van der Waals surface area contributed by atoms with E-state index >= 15 is 0 Å². The van der Waals surface area contributed by atoms with E-state index in [0.29, 0.717) is 30.9 Å². The second-order valence-corrected chi connectivity index (χ2v) is 14.4. The van der Waals surface area contributed by atoms with Crippen LogP contribution in [0.15, 0.2) is 28.1 Å². The third kappa shape index (κ3) is 5.07. The van der Waals surface area contributed by atoms with E-state index in [1.54, 1.807) is 20.1 Å². The zero-order valence-electron chi connectivity index (χ0n) is 22.1. The summed E-state index contributed by atoms with van der Waals surface area (Å²) in [4.78, 5) is 25.7. The number of nitrogens with zero attached hydrogens (tertiary/aromatic N) is 2. The number of benzene rings is 1. The minimum atomic E-state index is -4.60. The molecule has 0 bridgehead atoms. The summed E-state index contributed by atoms with van der Waals surface area (Å²) in [7, 11) is -3.06. The average molecular weight is 630 g/mol. The van der Waals surface area contributed by atoms with Crippen molar-refractivity contribution < 1.29 is 32.6 Å². The van der Waals surface area contributed by atoms with Gasteiger partial charge in [0.25, 0.3) is 5.91 Å². The topological polar surface area (TPSA) is 113 Å². The van der Waals surface area contributed by atoms with Gasteiger partial charge in [-0.25, -0.2) is 13.4 Å². The number of rotatable bonds is 8. The maximum atomic E-state index is 14.1. The lowest BCUT2D eigenvalue weighted by Gasteiger charge is -2.42. The molecule has 1 atom stereocenters. The average Bonchev–Trinajstić information content (AvgIpc) is 3.15. The van der Waals surface area contributed by atoms with Crippen LogP contribution in [0.25, 0.3) is 0 Å². The summed E-state index contributed by atoms with van der Waals surface area (Å²) in [5, 5.41) is 10.1. The first-order valence-corrected chi connectivity index (χ1v) is 15.5. The van der Waals surface area contributed by atoms with Gasteiger partial charge in [-0.1, -0.05) is 25.1 Å². The van der Waals surface area contributed by atoms with Gasteiger partial charge in [0.1, 0.15) is 16.9 Å². The van der Waals surface area contributed by atoms with Crippen molar-refractivity contribution in [2.45, 2.75) is 71.1 Å². The Kier molecular flexibility index (Phi) is 8.19. The van der Waals surface area contributed by atoms with E-state index in [0.717, 1.165) is 41.3 Å². The van der Waals surface area contributed by atoms with E-state index in [2.05, 4.69) is 22.9 Å². The van der Waals surface area contributed by atoms with Gasteiger partial charge >= 0.3 is 16.2 Å². The summed E-state index contributed by atoms with van der Waals surface area (Å²) in [5.74, 6) is -1.13. The molecule has 1 aliphatic carbocycles. The van der Waals surface area contributed by atoms with Crippen LogP contribution in [0.5, 0.6) is 5.75 Å². The van der Waals surface area contributed by atoms with Gasteiger partial charge < -0.3 is 14.6 Å². The van der Waals surface area contributed by atoms with Crippen LogP contribution < -0.4 is 9.04 Å². The summed E-state index contributed by atoms with van der Waals surface area (Å²) in [6.45, 7) is 6.18. The fourth-order valence-electron chi connectivity index (χ4n) is 5.01. The van der Waals surface area contributed by atoms with Crippen LogP contribution in [0.4, 0.5) is 5.00 Å². The van der Waals surface area contributed by atoms with Gasteiger partial charge in [-0.3, -0.25) is 4.79 Å². The number of aliphatic carboxylic acids is 1. The van der Waals surface area contributed by atoms with Gasteiger partial charge in [-0.05, 0) is 79.9 Å². The number of methoxy groups -OCH3 is 1. The number of carboxylic acids is 1. The van der Waals surface area contributed by atoms with E-state index in [-0.39, 0.29) is 23.2 Å². The molecule has 4 rings (SSSR count). The molecule has 0 unspecified atom stereocenters. The molecule has 208 valence electrons. The van der Waals surface area contributed by atoms with Crippen LogP contribution in [0.3, 0.4) is 0 Å². The maximum Gasteiger partial charge on any atom is 0.330 e. The highest BCUT2D eigenvalue weighted by Crippen LogP contribution is 2.47. The maximum absolute atomic E-state index is 14.1. The van der Waals surface area contributed by atoms with Gasteiger partial charge in [0.05, 0.1) is 29.1 Å². The lowest BCUT2D eigenvalue weighted by molar-refractivity contribution is -0.145. The number of hydrogen-bond donors (Lipinski definition) is 1. The number of halogens is 1. The smallest absolute Gasteiger partial charge is 0.330 e. The fourth-order valence-corrected chi connectivity index (χ4v) is 8.78. The molecule has 1 aliphatic heterocycles. The third-order valence-corrected chi connectivity index (χ3v) is 11.6. The molecule has 1 aromatic carbocycles. The number of carbonyl (C=O) groups excluding carboxylic acids is 1. The molecule has 2 heterocycles. The van der Waals surface area contributed by atoms with Crippen molar-refractivity contribution in [3.05, 3.63) is 44.7 Å². The highest BCUT2D eigenvalue weighted by Gasteiger charge is 2.54. The number of fused-ring (bicyclic) bond motifs is 1. The second kappa shape index (κ2) is 10.8. The number of amides is 1. The molecule has 1 N–H and O–H groups in total. The van der Waals surface area contributed by atoms with Gasteiger partial charge in [0.15, 0.2) is 5.54 Å². The molecule has 1 aromatic heterocycles. The molecule has 38 heavy (non-hydrogen) atoms. The number of ether oxygens (including phenoxy) is 2. The standard InChI is InChI=1S/C26H33BrN2O7S2/c1-15-10-12-17(13-11-15)36-20(18-8-6-7-9-19(18)35-5)14-28-24-21(16(2)22(27)37-24)23(30)29(38(28,33)34)26(3,4)25(31)32/h6-9,15,17,20H,10-14H2,1-5H3,(H,31,32)/t15?,17?,20-/m0/s1. The summed E-state index contributed by atoms with van der Waals surface area (Å²) >= 11 is 4.57. The first-order chi connectivity index (χ1) is 17.8. The SMILES string of the molecule is COc1ccccc1[C@H](CN1c2sc(Br)c(C)c2C(=O)N(C(C)(C)C(=O)O)S1(=O)=O)OC1CCC(C)CC1. The molecule has 2 aliphatic rings. The lowest BCUT2D eigenvalue weighted by Crippen LogP contribution is -2.62. The largest absolute Gasteiger partial charge is 0.496 e. The Labute approximate surface area is 236 Å². The quantitative estimate of drug-likeness (QED) is 0.408. The van der Waals surface area contributed by atoms with Crippen LogP contribution in [-0.2, 0) is 19.7 Å². The molecule has 0 spiro atoms. The zero-order chi connectivity index (χ0) is 28.0. The first-order valence-electron chi connectivity index (χ1n) is 12.5. The Morgan fingerprint density at radius 2 is 1.87 bits per heavy atom. The summed E-state index contributed by atoms with van der Waals surface area (Å²) in [6.07, 6.45) is 2.94. The van der Waals surface area contributed by atoms with Crippen LogP contribution in [0.2, 0.25) is 0 Å². The third-order valence-electron chi connectivity index (χ3n) is 7.37. The Morgan fingerprint density at radius 1 is 1.24 bits per heavy atom. The van der Waals surface area contributed by atoms with Gasteiger partial charge in [-0.2, -0.15) is 8.42 Å². The predicted octanol–water partition coefficient (Wildman–Crippen LogP) is 5.53. The number of carboxylic acid groups (broad SMARTS) is 1. The summed E-state index contributed by atoms with van der Waals surface area (Å²) < 4.78 is 42.6. The fraction of sp³-hybridized carbons (Fsp3) is 0.538. The van der Waals surface area contributed by atoms with E-state index in [9.17, 15) is 23.1 Å². The summed E-state index contributed by atoms with van der Waals surface area (Å²) in [5.41, 5.74) is -0.625. The molecule has 2 aromatic rings. The molecule has 1 amide bonds. The minimum Gasteiger partial charge on any atom is -0.496 e. The van der Waals surface area contributed by atoms with Crippen molar-refractivity contribution in [3.63, 3.8) is 0 Å². The van der Waals surface area contributed by atoms with Crippen LogP contribution in [0.1, 0.15) is 74.0 Å². The summed E-state index contributed by atoms with van der Waals surface area (Å²) in [6, 6.07) is 7.29. The van der Waals surface area contributed by atoms with Crippen molar-refractivity contribution in [1.29, 1.82) is 0 Å².